The number of aliphatic carboxylic acids is 1. The Bertz CT molecular complexity index is 1030. The van der Waals surface area contributed by atoms with Gasteiger partial charge in [-0.2, -0.15) is 0 Å². The molecule has 0 bridgehead atoms. The lowest BCUT2D eigenvalue weighted by molar-refractivity contribution is -0.137. The monoisotopic (exact) mass is 395 g/mol. The van der Waals surface area contributed by atoms with E-state index >= 15 is 0 Å². The third-order valence-corrected chi connectivity index (χ3v) is 4.15. The normalized spacial score (nSPS) is 10.4. The fourth-order valence-electron chi connectivity index (χ4n) is 2.75. The molecule has 7 nitrogen and oxygen atoms in total. The number of carbonyl (C=O) groups is 3. The summed E-state index contributed by atoms with van der Waals surface area (Å²) in [6.45, 7) is 0. The number of anilines is 1. The van der Waals surface area contributed by atoms with Crippen LogP contribution in [0, 0.1) is 5.82 Å². The minimum atomic E-state index is -0.973. The van der Waals surface area contributed by atoms with Crippen molar-refractivity contribution in [2.24, 2.45) is 0 Å². The molecule has 3 rings (SSSR count). The van der Waals surface area contributed by atoms with E-state index in [9.17, 15) is 18.8 Å². The molecule has 0 spiro atoms. The fourth-order valence-corrected chi connectivity index (χ4v) is 2.75. The van der Waals surface area contributed by atoms with Crippen molar-refractivity contribution in [3.63, 3.8) is 0 Å². The van der Waals surface area contributed by atoms with Crippen LogP contribution in [0.4, 0.5) is 10.1 Å². The topological polar surface area (TPSA) is 100 Å². The van der Waals surface area contributed by atoms with Gasteiger partial charge in [0, 0.05) is 23.4 Å². The molecular weight excluding hydrogens is 377 g/mol. The Morgan fingerprint density at radius 3 is 2.24 bits per heavy atom. The molecular formula is C21H18FN3O4. The van der Waals surface area contributed by atoms with Crippen LogP contribution in [-0.2, 0) is 20.8 Å². The van der Waals surface area contributed by atoms with Gasteiger partial charge in [-0.25, -0.2) is 4.39 Å². The molecule has 1 heterocycles. The van der Waals surface area contributed by atoms with Crippen LogP contribution in [-0.4, -0.2) is 27.6 Å². The third kappa shape index (κ3) is 5.07. The number of halogens is 1. The van der Waals surface area contributed by atoms with E-state index in [1.54, 1.807) is 12.1 Å². The highest BCUT2D eigenvalue weighted by atomic mass is 19.1. The molecule has 148 valence electrons. The predicted octanol–water partition coefficient (Wildman–Crippen LogP) is 3.02. The number of rotatable bonds is 6. The first-order chi connectivity index (χ1) is 13.9. The van der Waals surface area contributed by atoms with E-state index < -0.39 is 23.6 Å². The number of amides is 2. The van der Waals surface area contributed by atoms with Crippen molar-refractivity contribution in [2.45, 2.75) is 12.8 Å². The number of hydrogen-bond acceptors (Lipinski definition) is 3. The summed E-state index contributed by atoms with van der Waals surface area (Å²) in [6.07, 6.45) is 0.0396. The number of aromatic nitrogens is 1. The van der Waals surface area contributed by atoms with E-state index in [4.69, 9.17) is 5.11 Å². The second-order valence-corrected chi connectivity index (χ2v) is 6.21. The third-order valence-electron chi connectivity index (χ3n) is 4.15. The Labute approximate surface area is 165 Å². The van der Waals surface area contributed by atoms with Crippen LogP contribution in [0.25, 0.3) is 11.3 Å². The molecule has 0 radical (unpaired) electrons. The number of benzene rings is 2. The average molecular weight is 395 g/mol. The minimum Gasteiger partial charge on any atom is -0.481 e. The van der Waals surface area contributed by atoms with Crippen molar-refractivity contribution in [2.75, 3.05) is 10.7 Å². The molecule has 0 saturated carbocycles. The fraction of sp³-hybridized carbons (Fsp3) is 0.0952. The van der Waals surface area contributed by atoms with Gasteiger partial charge in [-0.3, -0.25) is 24.5 Å². The lowest BCUT2D eigenvalue weighted by Gasteiger charge is -2.15. The van der Waals surface area contributed by atoms with Gasteiger partial charge >= 0.3 is 17.8 Å². The maximum atomic E-state index is 13.0. The number of carboxylic acids is 1. The van der Waals surface area contributed by atoms with Crippen LogP contribution in [0.15, 0.2) is 66.7 Å². The van der Waals surface area contributed by atoms with E-state index in [-0.39, 0.29) is 18.5 Å². The predicted molar refractivity (Wildman–Crippen MR) is 105 cm³/mol. The van der Waals surface area contributed by atoms with Gasteiger partial charge in [-0.1, -0.05) is 30.3 Å². The van der Waals surface area contributed by atoms with E-state index in [0.717, 1.165) is 17.7 Å². The van der Waals surface area contributed by atoms with Gasteiger partial charge in [0.2, 0.25) is 0 Å². The van der Waals surface area contributed by atoms with Crippen LogP contribution in [0.5, 0.6) is 0 Å². The number of aryl methyl sites for hydroxylation is 1. The first-order valence-corrected chi connectivity index (χ1v) is 8.80. The molecule has 0 aliphatic rings. The Morgan fingerprint density at radius 1 is 0.897 bits per heavy atom. The SMILES string of the molecule is O=C(O)CCc1ccc(-c2ccccc2)n1NC(=O)C(=O)Nc1ccc(F)cc1. The van der Waals surface area contributed by atoms with Gasteiger partial charge in [-0.05, 0) is 36.4 Å². The maximum Gasteiger partial charge on any atom is 0.328 e. The molecule has 0 fully saturated rings. The summed E-state index contributed by atoms with van der Waals surface area (Å²) in [6, 6.07) is 17.6. The largest absolute Gasteiger partial charge is 0.481 e. The summed E-state index contributed by atoms with van der Waals surface area (Å²) in [5.41, 5.74) is 4.71. The van der Waals surface area contributed by atoms with Gasteiger partial charge in [0.1, 0.15) is 5.82 Å². The Morgan fingerprint density at radius 2 is 1.59 bits per heavy atom. The van der Waals surface area contributed by atoms with E-state index in [2.05, 4.69) is 10.7 Å². The second-order valence-electron chi connectivity index (χ2n) is 6.21. The van der Waals surface area contributed by atoms with Gasteiger partial charge in [0.05, 0.1) is 12.1 Å². The van der Waals surface area contributed by atoms with Crippen molar-refractivity contribution in [1.82, 2.24) is 4.68 Å². The number of nitrogens with zero attached hydrogens (tertiary/aromatic N) is 1. The Balaban J connectivity index is 1.82. The van der Waals surface area contributed by atoms with Crippen molar-refractivity contribution in [3.8, 4) is 11.3 Å². The highest BCUT2D eigenvalue weighted by molar-refractivity contribution is 6.42. The molecule has 0 unspecified atom stereocenters. The summed E-state index contributed by atoms with van der Waals surface area (Å²) >= 11 is 0. The smallest absolute Gasteiger partial charge is 0.328 e. The van der Waals surface area contributed by atoms with Gasteiger partial charge in [-0.15, -0.1) is 0 Å². The van der Waals surface area contributed by atoms with Crippen LogP contribution in [0.2, 0.25) is 0 Å². The number of carboxylic acid groups (broad SMARTS) is 1. The molecule has 29 heavy (non-hydrogen) atoms. The number of nitrogens with one attached hydrogen (secondary N) is 2. The van der Waals surface area contributed by atoms with Gasteiger partial charge in [0.25, 0.3) is 0 Å². The van der Waals surface area contributed by atoms with Crippen molar-refractivity contribution in [3.05, 3.63) is 78.2 Å². The highest BCUT2D eigenvalue weighted by Gasteiger charge is 2.18. The molecule has 2 amide bonds. The van der Waals surface area contributed by atoms with Gasteiger partial charge in [0.15, 0.2) is 0 Å². The first-order valence-electron chi connectivity index (χ1n) is 8.80. The van der Waals surface area contributed by atoms with Crippen molar-refractivity contribution in [1.29, 1.82) is 0 Å². The molecule has 0 aliphatic carbocycles. The van der Waals surface area contributed by atoms with Crippen LogP contribution in [0.1, 0.15) is 12.1 Å². The lowest BCUT2D eigenvalue weighted by Crippen LogP contribution is -2.35. The van der Waals surface area contributed by atoms with Crippen molar-refractivity contribution >= 4 is 23.5 Å². The minimum absolute atomic E-state index is 0.129. The highest BCUT2D eigenvalue weighted by Crippen LogP contribution is 2.22. The second kappa shape index (κ2) is 8.83. The summed E-state index contributed by atoms with van der Waals surface area (Å²) in [5, 5.41) is 11.3. The lowest BCUT2D eigenvalue weighted by atomic mass is 10.2. The zero-order valence-corrected chi connectivity index (χ0v) is 15.3. The maximum absolute atomic E-state index is 13.0. The molecule has 1 aromatic heterocycles. The number of hydrogen-bond donors (Lipinski definition) is 3. The van der Waals surface area contributed by atoms with E-state index in [1.807, 2.05) is 30.3 Å². The summed E-state index contributed by atoms with van der Waals surface area (Å²) in [4.78, 5) is 35.6. The molecule has 3 aromatic rings. The molecule has 8 heteroatoms. The van der Waals surface area contributed by atoms with E-state index in [1.165, 1.54) is 16.8 Å². The zero-order valence-electron chi connectivity index (χ0n) is 15.3. The summed E-state index contributed by atoms with van der Waals surface area (Å²) in [7, 11) is 0. The Kier molecular flexibility index (Phi) is 6.03. The molecule has 0 aliphatic heterocycles. The van der Waals surface area contributed by atoms with Crippen molar-refractivity contribution < 1.29 is 23.9 Å². The molecule has 0 saturated heterocycles. The van der Waals surface area contributed by atoms with Gasteiger partial charge < -0.3 is 10.4 Å². The molecule has 2 aromatic carbocycles. The number of carbonyl (C=O) groups excluding carboxylic acids is 2. The first kappa shape index (κ1) is 19.8. The average Bonchev–Trinajstić information content (AvgIpc) is 3.11. The van der Waals surface area contributed by atoms with E-state index in [0.29, 0.717) is 11.4 Å². The standard InChI is InChI=1S/C21H18FN3O4/c22-15-6-8-16(9-7-15)23-20(28)21(29)24-25-17(11-13-19(26)27)10-12-18(25)14-4-2-1-3-5-14/h1-10,12H,11,13H2,(H,23,28)(H,24,29)(H,26,27). The molecule has 0 atom stereocenters. The Hall–Kier alpha value is -3.94. The summed E-state index contributed by atoms with van der Waals surface area (Å²) in [5.74, 6) is -3.32. The van der Waals surface area contributed by atoms with Crippen LogP contribution in [0.3, 0.4) is 0 Å². The molecule has 3 N–H and O–H groups in total. The van der Waals surface area contributed by atoms with Crippen LogP contribution < -0.4 is 10.7 Å². The van der Waals surface area contributed by atoms with Crippen LogP contribution >= 0.6 is 0 Å². The summed E-state index contributed by atoms with van der Waals surface area (Å²) < 4.78 is 14.4. The quantitative estimate of drug-likeness (QED) is 0.559. The zero-order chi connectivity index (χ0) is 20.8.